The Kier molecular flexibility index (Phi) is 4.15. The summed E-state index contributed by atoms with van der Waals surface area (Å²) in [5.41, 5.74) is 2.89. The second kappa shape index (κ2) is 5.17. The number of carbonyl (C=O) groups excluding carboxylic acids is 1. The summed E-state index contributed by atoms with van der Waals surface area (Å²) in [4.78, 5) is 11.7. The highest BCUT2D eigenvalue weighted by molar-refractivity contribution is 6.18. The number of nitrogens with one attached hydrogen (secondary N) is 1. The SMILES string of the molecule is Cc1cc(C)cc(C(=O)NC(C)CCl)c1. The van der Waals surface area contributed by atoms with Gasteiger partial charge in [0.1, 0.15) is 0 Å². The lowest BCUT2D eigenvalue weighted by Gasteiger charge is -2.11. The molecule has 0 bridgehead atoms. The van der Waals surface area contributed by atoms with Crippen LogP contribution in [0.25, 0.3) is 0 Å². The average molecular weight is 226 g/mol. The zero-order valence-electron chi connectivity index (χ0n) is 9.30. The van der Waals surface area contributed by atoms with E-state index in [2.05, 4.69) is 5.32 Å². The van der Waals surface area contributed by atoms with E-state index in [0.717, 1.165) is 11.1 Å². The van der Waals surface area contributed by atoms with Crippen molar-refractivity contribution >= 4 is 17.5 Å². The van der Waals surface area contributed by atoms with Crippen molar-refractivity contribution in [2.75, 3.05) is 5.88 Å². The lowest BCUT2D eigenvalue weighted by molar-refractivity contribution is 0.0943. The van der Waals surface area contributed by atoms with Crippen molar-refractivity contribution in [2.45, 2.75) is 26.8 Å². The second-order valence-electron chi connectivity index (χ2n) is 3.91. The van der Waals surface area contributed by atoms with Crippen molar-refractivity contribution in [1.82, 2.24) is 5.32 Å². The van der Waals surface area contributed by atoms with E-state index in [9.17, 15) is 4.79 Å². The topological polar surface area (TPSA) is 29.1 Å². The third kappa shape index (κ3) is 3.56. The number of carbonyl (C=O) groups is 1. The summed E-state index contributed by atoms with van der Waals surface area (Å²) in [7, 11) is 0. The van der Waals surface area contributed by atoms with Crippen LogP contribution in [0.3, 0.4) is 0 Å². The lowest BCUT2D eigenvalue weighted by atomic mass is 10.1. The summed E-state index contributed by atoms with van der Waals surface area (Å²) in [5.74, 6) is 0.367. The molecule has 0 saturated carbocycles. The Morgan fingerprint density at radius 1 is 1.33 bits per heavy atom. The largest absolute Gasteiger partial charge is 0.348 e. The summed E-state index contributed by atoms with van der Waals surface area (Å²) in [6.07, 6.45) is 0. The Hall–Kier alpha value is -1.02. The number of amides is 1. The molecule has 0 heterocycles. The van der Waals surface area contributed by atoms with Crippen molar-refractivity contribution in [3.8, 4) is 0 Å². The predicted molar refractivity (Wildman–Crippen MR) is 63.6 cm³/mol. The van der Waals surface area contributed by atoms with Gasteiger partial charge < -0.3 is 5.32 Å². The lowest BCUT2D eigenvalue weighted by Crippen LogP contribution is -2.33. The van der Waals surface area contributed by atoms with Gasteiger partial charge in [-0.25, -0.2) is 0 Å². The zero-order valence-corrected chi connectivity index (χ0v) is 10.1. The second-order valence-corrected chi connectivity index (χ2v) is 4.21. The number of halogens is 1. The molecule has 0 spiro atoms. The number of benzene rings is 1. The summed E-state index contributed by atoms with van der Waals surface area (Å²) in [5, 5.41) is 2.83. The fourth-order valence-electron chi connectivity index (χ4n) is 1.45. The third-order valence-corrected chi connectivity index (χ3v) is 2.56. The smallest absolute Gasteiger partial charge is 0.251 e. The Bertz CT molecular complexity index is 342. The van der Waals surface area contributed by atoms with E-state index in [1.54, 1.807) is 0 Å². The predicted octanol–water partition coefficient (Wildman–Crippen LogP) is 2.66. The van der Waals surface area contributed by atoms with Gasteiger partial charge in [0.15, 0.2) is 0 Å². The Balaban J connectivity index is 2.82. The van der Waals surface area contributed by atoms with E-state index in [4.69, 9.17) is 11.6 Å². The van der Waals surface area contributed by atoms with Gasteiger partial charge in [-0.3, -0.25) is 4.79 Å². The van der Waals surface area contributed by atoms with Crippen LogP contribution in [-0.2, 0) is 0 Å². The van der Waals surface area contributed by atoms with Crippen LogP contribution in [0.5, 0.6) is 0 Å². The normalized spacial score (nSPS) is 12.3. The van der Waals surface area contributed by atoms with Crippen molar-refractivity contribution in [3.63, 3.8) is 0 Å². The molecule has 1 unspecified atom stereocenters. The number of rotatable bonds is 3. The molecular weight excluding hydrogens is 210 g/mol. The minimum absolute atomic E-state index is 0.0000139. The van der Waals surface area contributed by atoms with Crippen LogP contribution in [0, 0.1) is 13.8 Å². The van der Waals surface area contributed by atoms with Crippen molar-refractivity contribution in [3.05, 3.63) is 34.9 Å². The number of aryl methyl sites for hydroxylation is 2. The first-order valence-corrected chi connectivity index (χ1v) is 5.51. The molecule has 3 heteroatoms. The molecule has 1 atom stereocenters. The van der Waals surface area contributed by atoms with Gasteiger partial charge in [0, 0.05) is 17.5 Å². The molecule has 82 valence electrons. The van der Waals surface area contributed by atoms with Crippen LogP contribution in [0.4, 0.5) is 0 Å². The summed E-state index contributed by atoms with van der Waals surface area (Å²) in [6.45, 7) is 5.84. The molecule has 0 fully saturated rings. The highest BCUT2D eigenvalue weighted by Crippen LogP contribution is 2.08. The quantitative estimate of drug-likeness (QED) is 0.788. The van der Waals surface area contributed by atoms with E-state index in [0.29, 0.717) is 11.4 Å². The molecule has 0 aliphatic carbocycles. The molecule has 0 aliphatic heterocycles. The first kappa shape index (κ1) is 12.1. The van der Waals surface area contributed by atoms with Gasteiger partial charge in [-0.15, -0.1) is 11.6 Å². The van der Waals surface area contributed by atoms with Crippen LogP contribution in [-0.4, -0.2) is 17.8 Å². The minimum atomic E-state index is -0.0602. The maximum atomic E-state index is 11.7. The standard InChI is InChI=1S/C12H16ClNO/c1-8-4-9(2)6-11(5-8)12(15)14-10(3)7-13/h4-6,10H,7H2,1-3H3,(H,14,15). The number of hydrogen-bond donors (Lipinski definition) is 1. The van der Waals surface area contributed by atoms with Crippen LogP contribution in [0.15, 0.2) is 18.2 Å². The summed E-state index contributed by atoms with van der Waals surface area (Å²) >= 11 is 5.63. The van der Waals surface area contributed by atoms with E-state index >= 15 is 0 Å². The number of alkyl halides is 1. The van der Waals surface area contributed by atoms with E-state index in [1.807, 2.05) is 39.0 Å². The molecule has 1 aromatic carbocycles. The molecule has 1 rings (SSSR count). The van der Waals surface area contributed by atoms with Crippen molar-refractivity contribution < 1.29 is 4.79 Å². The van der Waals surface area contributed by atoms with Gasteiger partial charge in [-0.05, 0) is 32.9 Å². The molecule has 0 radical (unpaired) electrons. The fourth-order valence-corrected chi connectivity index (χ4v) is 1.53. The Morgan fingerprint density at radius 2 is 1.87 bits per heavy atom. The molecule has 1 N–H and O–H groups in total. The van der Waals surface area contributed by atoms with Crippen LogP contribution in [0.2, 0.25) is 0 Å². The van der Waals surface area contributed by atoms with Crippen molar-refractivity contribution in [1.29, 1.82) is 0 Å². The molecule has 0 aromatic heterocycles. The van der Waals surface area contributed by atoms with Crippen LogP contribution in [0.1, 0.15) is 28.4 Å². The van der Waals surface area contributed by atoms with E-state index < -0.39 is 0 Å². The summed E-state index contributed by atoms with van der Waals surface area (Å²) in [6, 6.07) is 5.80. The molecule has 0 saturated heterocycles. The maximum absolute atomic E-state index is 11.7. The Labute approximate surface area is 95.6 Å². The van der Waals surface area contributed by atoms with Gasteiger partial charge >= 0.3 is 0 Å². The van der Waals surface area contributed by atoms with Crippen molar-refractivity contribution in [2.24, 2.45) is 0 Å². The van der Waals surface area contributed by atoms with Gasteiger partial charge in [0.25, 0.3) is 5.91 Å². The van der Waals surface area contributed by atoms with E-state index in [1.165, 1.54) is 0 Å². The zero-order chi connectivity index (χ0) is 11.4. The minimum Gasteiger partial charge on any atom is -0.348 e. The third-order valence-electron chi connectivity index (χ3n) is 2.09. The van der Waals surface area contributed by atoms with Crippen LogP contribution >= 0.6 is 11.6 Å². The first-order valence-electron chi connectivity index (χ1n) is 4.98. The monoisotopic (exact) mass is 225 g/mol. The maximum Gasteiger partial charge on any atom is 0.251 e. The fraction of sp³-hybridized carbons (Fsp3) is 0.417. The average Bonchev–Trinajstić information content (AvgIpc) is 2.16. The summed E-state index contributed by atoms with van der Waals surface area (Å²) < 4.78 is 0. The van der Waals surface area contributed by atoms with Gasteiger partial charge in [0.05, 0.1) is 0 Å². The van der Waals surface area contributed by atoms with Gasteiger partial charge in [0.2, 0.25) is 0 Å². The van der Waals surface area contributed by atoms with E-state index in [-0.39, 0.29) is 11.9 Å². The molecule has 1 aromatic rings. The molecule has 2 nitrogen and oxygen atoms in total. The molecular formula is C12H16ClNO. The van der Waals surface area contributed by atoms with Gasteiger partial charge in [-0.2, -0.15) is 0 Å². The highest BCUT2D eigenvalue weighted by Gasteiger charge is 2.09. The van der Waals surface area contributed by atoms with Crippen LogP contribution < -0.4 is 5.32 Å². The van der Waals surface area contributed by atoms with Gasteiger partial charge in [-0.1, -0.05) is 17.2 Å². The highest BCUT2D eigenvalue weighted by atomic mass is 35.5. The Morgan fingerprint density at radius 3 is 2.33 bits per heavy atom. The molecule has 1 amide bonds. The molecule has 15 heavy (non-hydrogen) atoms. The number of hydrogen-bond acceptors (Lipinski definition) is 1. The first-order chi connectivity index (χ1) is 7.02. The molecule has 0 aliphatic rings.